The van der Waals surface area contributed by atoms with E-state index in [-0.39, 0.29) is 0 Å². The molecule has 1 fully saturated rings. The second-order valence-electron chi connectivity index (χ2n) is 4.08. The molecule has 1 N–H and O–H groups in total. The van der Waals surface area contributed by atoms with Gasteiger partial charge < -0.3 is 5.32 Å². The molecule has 0 aliphatic carbocycles. The van der Waals surface area contributed by atoms with Gasteiger partial charge >= 0.3 is 0 Å². The van der Waals surface area contributed by atoms with Crippen LogP contribution in [0.2, 0.25) is 0 Å². The minimum absolute atomic E-state index is 0.682. The van der Waals surface area contributed by atoms with Crippen LogP contribution in [0.4, 0.5) is 5.69 Å². The third-order valence-corrected chi connectivity index (χ3v) is 3.68. The Balaban J connectivity index is 2.07. The van der Waals surface area contributed by atoms with Gasteiger partial charge in [-0.2, -0.15) is 11.8 Å². The Morgan fingerprint density at radius 3 is 2.50 bits per heavy atom. The topological polar surface area (TPSA) is 12.0 Å². The lowest BCUT2D eigenvalue weighted by Crippen LogP contribution is -2.18. The van der Waals surface area contributed by atoms with Crippen molar-refractivity contribution < 1.29 is 0 Å². The number of aryl methyl sites for hydroxylation is 2. The van der Waals surface area contributed by atoms with Crippen LogP contribution in [0.1, 0.15) is 17.5 Å². The van der Waals surface area contributed by atoms with E-state index in [1.165, 1.54) is 34.7 Å². The smallest absolute Gasteiger partial charge is 0.0359 e. The number of nitrogens with one attached hydrogen (secondary N) is 1. The van der Waals surface area contributed by atoms with Gasteiger partial charge in [-0.3, -0.25) is 0 Å². The summed E-state index contributed by atoms with van der Waals surface area (Å²) in [6.45, 7) is 4.31. The number of thioether (sulfide) groups is 1. The van der Waals surface area contributed by atoms with Crippen LogP contribution >= 0.6 is 11.8 Å². The summed E-state index contributed by atoms with van der Waals surface area (Å²) in [5, 5.41) is 3.60. The molecule has 0 spiro atoms. The van der Waals surface area contributed by atoms with E-state index in [9.17, 15) is 0 Å². The molecule has 1 aromatic rings. The molecule has 0 radical (unpaired) electrons. The minimum atomic E-state index is 0.682. The largest absolute Gasteiger partial charge is 0.381 e. The molecule has 1 saturated heterocycles. The molecule has 0 amide bonds. The van der Waals surface area contributed by atoms with Gasteiger partial charge in [-0.05, 0) is 49.3 Å². The summed E-state index contributed by atoms with van der Waals surface area (Å²) in [6.07, 6.45) is 1.30. The molecule has 1 aliphatic rings. The van der Waals surface area contributed by atoms with E-state index in [1.54, 1.807) is 0 Å². The number of benzene rings is 1. The van der Waals surface area contributed by atoms with E-state index in [4.69, 9.17) is 0 Å². The normalized spacial score (nSPS) is 21.1. The van der Waals surface area contributed by atoms with E-state index in [0.29, 0.717) is 6.04 Å². The predicted molar refractivity (Wildman–Crippen MR) is 65.3 cm³/mol. The van der Waals surface area contributed by atoms with Gasteiger partial charge in [-0.15, -0.1) is 0 Å². The number of rotatable bonds is 2. The average Bonchev–Trinajstić information content (AvgIpc) is 2.54. The molecular formula is C12H17NS. The fourth-order valence-corrected chi connectivity index (χ4v) is 3.09. The van der Waals surface area contributed by atoms with Crippen molar-refractivity contribution in [2.75, 3.05) is 16.8 Å². The summed E-state index contributed by atoms with van der Waals surface area (Å²) in [7, 11) is 0. The minimum Gasteiger partial charge on any atom is -0.381 e. The van der Waals surface area contributed by atoms with E-state index < -0.39 is 0 Å². The van der Waals surface area contributed by atoms with Gasteiger partial charge in [0.15, 0.2) is 0 Å². The highest BCUT2D eigenvalue weighted by Gasteiger charge is 2.14. The van der Waals surface area contributed by atoms with E-state index >= 15 is 0 Å². The lowest BCUT2D eigenvalue weighted by atomic mass is 10.1. The first-order valence-electron chi connectivity index (χ1n) is 5.16. The van der Waals surface area contributed by atoms with Crippen molar-refractivity contribution in [2.24, 2.45) is 0 Å². The first-order chi connectivity index (χ1) is 6.74. The number of anilines is 1. The summed E-state index contributed by atoms with van der Waals surface area (Å²) < 4.78 is 0. The predicted octanol–water partition coefficient (Wildman–Crippen LogP) is 3.22. The Morgan fingerprint density at radius 1 is 1.21 bits per heavy atom. The fourth-order valence-electron chi connectivity index (χ4n) is 1.94. The summed E-state index contributed by atoms with van der Waals surface area (Å²) in [5.74, 6) is 2.56. The van der Waals surface area contributed by atoms with E-state index in [2.05, 4.69) is 37.4 Å². The molecule has 1 nitrogen and oxygen atoms in total. The van der Waals surface area contributed by atoms with Crippen molar-refractivity contribution in [3.05, 3.63) is 29.3 Å². The molecule has 0 aromatic heterocycles. The Bertz CT molecular complexity index is 296. The molecule has 76 valence electrons. The number of hydrogen-bond donors (Lipinski definition) is 1. The van der Waals surface area contributed by atoms with E-state index in [0.717, 1.165) is 0 Å². The molecule has 0 saturated carbocycles. The van der Waals surface area contributed by atoms with Crippen LogP contribution in [0.5, 0.6) is 0 Å². The Morgan fingerprint density at radius 2 is 1.93 bits per heavy atom. The van der Waals surface area contributed by atoms with Gasteiger partial charge in [0.2, 0.25) is 0 Å². The quantitative estimate of drug-likeness (QED) is 0.799. The molecular weight excluding hydrogens is 190 g/mol. The van der Waals surface area contributed by atoms with Crippen LogP contribution in [-0.2, 0) is 0 Å². The average molecular weight is 207 g/mol. The Hall–Kier alpha value is -0.630. The van der Waals surface area contributed by atoms with E-state index in [1.807, 2.05) is 11.8 Å². The fraction of sp³-hybridized carbons (Fsp3) is 0.500. The Labute approximate surface area is 90.3 Å². The zero-order chi connectivity index (χ0) is 9.97. The summed E-state index contributed by atoms with van der Waals surface area (Å²) in [4.78, 5) is 0. The lowest BCUT2D eigenvalue weighted by Gasteiger charge is -2.14. The van der Waals surface area contributed by atoms with Crippen LogP contribution in [0.25, 0.3) is 0 Å². The monoisotopic (exact) mass is 207 g/mol. The first kappa shape index (κ1) is 9.91. The van der Waals surface area contributed by atoms with Gasteiger partial charge in [0.1, 0.15) is 0 Å². The third kappa shape index (κ3) is 2.44. The van der Waals surface area contributed by atoms with Crippen molar-refractivity contribution in [3.8, 4) is 0 Å². The molecule has 1 atom stereocenters. The van der Waals surface area contributed by atoms with Crippen molar-refractivity contribution in [1.82, 2.24) is 0 Å². The highest BCUT2D eigenvalue weighted by molar-refractivity contribution is 7.99. The van der Waals surface area contributed by atoms with Gasteiger partial charge in [0.25, 0.3) is 0 Å². The van der Waals surface area contributed by atoms with Crippen LogP contribution in [-0.4, -0.2) is 17.5 Å². The second-order valence-corrected chi connectivity index (χ2v) is 5.23. The number of hydrogen-bond acceptors (Lipinski definition) is 2. The molecule has 1 aliphatic heterocycles. The van der Waals surface area contributed by atoms with Crippen LogP contribution in [0, 0.1) is 13.8 Å². The second kappa shape index (κ2) is 4.26. The summed E-state index contributed by atoms with van der Waals surface area (Å²) in [6, 6.07) is 7.36. The standard InChI is InChI=1S/C12H17NS/c1-9-5-10(2)7-12(6-9)13-11-3-4-14-8-11/h5-7,11,13H,3-4,8H2,1-2H3/t11-/m0/s1. The SMILES string of the molecule is Cc1cc(C)cc(N[C@H]2CCSC2)c1. The Kier molecular flexibility index (Phi) is 3.02. The van der Waals surface area contributed by atoms with Crippen LogP contribution in [0.3, 0.4) is 0 Å². The van der Waals surface area contributed by atoms with Gasteiger partial charge in [0, 0.05) is 17.5 Å². The molecule has 1 aromatic carbocycles. The van der Waals surface area contributed by atoms with Gasteiger partial charge in [-0.25, -0.2) is 0 Å². The third-order valence-electron chi connectivity index (χ3n) is 2.52. The highest BCUT2D eigenvalue weighted by atomic mass is 32.2. The maximum Gasteiger partial charge on any atom is 0.0359 e. The van der Waals surface area contributed by atoms with Crippen molar-refractivity contribution >= 4 is 17.4 Å². The van der Waals surface area contributed by atoms with Crippen molar-refractivity contribution in [1.29, 1.82) is 0 Å². The van der Waals surface area contributed by atoms with Crippen LogP contribution in [0.15, 0.2) is 18.2 Å². The summed E-state index contributed by atoms with van der Waals surface area (Å²) in [5.41, 5.74) is 3.98. The maximum atomic E-state index is 3.60. The van der Waals surface area contributed by atoms with Gasteiger partial charge in [0.05, 0.1) is 0 Å². The summed E-state index contributed by atoms with van der Waals surface area (Å²) >= 11 is 2.05. The highest BCUT2D eigenvalue weighted by Crippen LogP contribution is 2.22. The zero-order valence-electron chi connectivity index (χ0n) is 8.84. The molecule has 2 heteroatoms. The van der Waals surface area contributed by atoms with Crippen molar-refractivity contribution in [3.63, 3.8) is 0 Å². The molecule has 0 unspecified atom stereocenters. The molecule has 2 rings (SSSR count). The molecule has 0 bridgehead atoms. The van der Waals surface area contributed by atoms with Gasteiger partial charge in [-0.1, -0.05) is 6.07 Å². The lowest BCUT2D eigenvalue weighted by molar-refractivity contribution is 0.813. The molecule has 1 heterocycles. The van der Waals surface area contributed by atoms with Crippen LogP contribution < -0.4 is 5.32 Å². The molecule has 14 heavy (non-hydrogen) atoms. The zero-order valence-corrected chi connectivity index (χ0v) is 9.66. The van der Waals surface area contributed by atoms with Crippen molar-refractivity contribution in [2.45, 2.75) is 26.3 Å². The maximum absolute atomic E-state index is 3.60. The first-order valence-corrected chi connectivity index (χ1v) is 6.32.